The molecule has 2 heterocycles. The molecule has 8 nitrogen and oxygen atoms in total. The number of likely N-dealkylation sites (tertiary alicyclic amines) is 1. The molecule has 3 aromatic rings. The van der Waals surface area contributed by atoms with Crippen molar-refractivity contribution in [2.75, 3.05) is 24.1 Å². The van der Waals surface area contributed by atoms with Crippen LogP contribution in [0.4, 0.5) is 16.4 Å². The molecule has 0 aliphatic carbocycles. The third-order valence-corrected chi connectivity index (χ3v) is 5.88. The zero-order valence-electron chi connectivity index (χ0n) is 20.5. The molecule has 1 amide bonds. The van der Waals surface area contributed by atoms with Crippen LogP contribution < -0.4 is 11.1 Å². The highest BCUT2D eigenvalue weighted by Gasteiger charge is 2.29. The Balaban J connectivity index is 1.60. The fourth-order valence-corrected chi connectivity index (χ4v) is 4.28. The number of rotatable bonds is 5. The zero-order chi connectivity index (χ0) is 25.0. The molecule has 0 spiro atoms. The Kier molecular flexibility index (Phi) is 7.10. The Morgan fingerprint density at radius 1 is 1.17 bits per heavy atom. The summed E-state index contributed by atoms with van der Waals surface area (Å²) in [5, 5.41) is 14.1. The quantitative estimate of drug-likeness (QED) is 0.467. The molecule has 0 bridgehead atoms. The number of amides is 1. The van der Waals surface area contributed by atoms with Crippen molar-refractivity contribution in [1.82, 2.24) is 14.9 Å². The van der Waals surface area contributed by atoms with E-state index in [-0.39, 0.29) is 23.7 Å². The molecule has 4 N–H and O–H groups in total. The summed E-state index contributed by atoms with van der Waals surface area (Å²) in [6.07, 6.45) is 1.39. The number of benzene rings is 2. The summed E-state index contributed by atoms with van der Waals surface area (Å²) in [6.45, 7) is 7.31. The number of nitrogens with zero attached hydrogens (tertiary/aromatic N) is 3. The molecule has 1 saturated heterocycles. The fourth-order valence-electron chi connectivity index (χ4n) is 4.28. The minimum absolute atomic E-state index is 0.00750. The van der Waals surface area contributed by atoms with Gasteiger partial charge in [-0.05, 0) is 57.4 Å². The molecular weight excluding hydrogens is 442 g/mol. The lowest BCUT2D eigenvalue weighted by Crippen LogP contribution is -2.42. The largest absolute Gasteiger partial charge is 0.507 e. The maximum absolute atomic E-state index is 12.6. The number of nitrogens with two attached hydrogens (primary N) is 1. The number of nitrogens with one attached hydrogen (secondary N) is 1. The minimum atomic E-state index is -0.551. The van der Waals surface area contributed by atoms with E-state index in [1.165, 1.54) is 0 Å². The average Bonchev–Trinajstić information content (AvgIpc) is 2.82. The molecule has 35 heavy (non-hydrogen) atoms. The summed E-state index contributed by atoms with van der Waals surface area (Å²) in [6, 6.07) is 17.2. The van der Waals surface area contributed by atoms with Gasteiger partial charge in [0, 0.05) is 31.2 Å². The van der Waals surface area contributed by atoms with Crippen molar-refractivity contribution in [2.45, 2.75) is 51.7 Å². The fraction of sp³-hybridized carbons (Fsp3) is 0.370. The molecule has 0 radical (unpaired) electrons. The van der Waals surface area contributed by atoms with Gasteiger partial charge >= 0.3 is 6.09 Å². The van der Waals surface area contributed by atoms with Crippen molar-refractivity contribution in [3.63, 3.8) is 0 Å². The lowest BCUT2D eigenvalue weighted by molar-refractivity contribution is 0.0197. The third-order valence-electron chi connectivity index (χ3n) is 5.88. The van der Waals surface area contributed by atoms with Crippen LogP contribution in [0.5, 0.6) is 5.75 Å². The van der Waals surface area contributed by atoms with Crippen molar-refractivity contribution >= 4 is 17.7 Å². The summed E-state index contributed by atoms with van der Waals surface area (Å²) in [7, 11) is 0. The maximum Gasteiger partial charge on any atom is 0.410 e. The van der Waals surface area contributed by atoms with Gasteiger partial charge in [0.2, 0.25) is 5.95 Å². The van der Waals surface area contributed by atoms with Gasteiger partial charge in [-0.2, -0.15) is 0 Å². The number of carbonyl (C=O) groups excluding carboxylic acids is 1. The van der Waals surface area contributed by atoms with Crippen LogP contribution in [0.15, 0.2) is 54.6 Å². The Bertz CT molecular complexity index is 1180. The second-order valence-electron chi connectivity index (χ2n) is 9.84. The van der Waals surface area contributed by atoms with Crippen molar-refractivity contribution < 1.29 is 14.6 Å². The number of ether oxygens (including phenoxy) is 1. The van der Waals surface area contributed by atoms with E-state index in [1.54, 1.807) is 17.0 Å². The standard InChI is InChI=1S/C27H33N5O3/c1-27(2,3)35-26(34)32-14-8-11-19(17-32)21-15-22(31-25(28)30-21)24-20(12-7-13-23(24)33)29-16-18-9-5-4-6-10-18/h4-7,9-10,12-13,15,19,29,33H,8,11,14,16-17H2,1-3H3,(H2,28,30,31). The van der Waals surface area contributed by atoms with Crippen molar-refractivity contribution in [2.24, 2.45) is 0 Å². The van der Waals surface area contributed by atoms with E-state index in [9.17, 15) is 9.90 Å². The minimum Gasteiger partial charge on any atom is -0.507 e. The molecule has 0 saturated carbocycles. The summed E-state index contributed by atoms with van der Waals surface area (Å²) in [5.41, 5.74) is 9.29. The second-order valence-corrected chi connectivity index (χ2v) is 9.84. The van der Waals surface area contributed by atoms with Crippen LogP contribution in [-0.4, -0.2) is 44.8 Å². The van der Waals surface area contributed by atoms with E-state index in [0.717, 1.165) is 29.8 Å². The number of aromatic hydroxyl groups is 1. The van der Waals surface area contributed by atoms with Crippen molar-refractivity contribution in [1.29, 1.82) is 0 Å². The van der Waals surface area contributed by atoms with Crippen LogP contribution in [-0.2, 0) is 11.3 Å². The molecule has 1 fully saturated rings. The predicted molar refractivity (Wildman–Crippen MR) is 137 cm³/mol. The first-order valence-electron chi connectivity index (χ1n) is 11.9. The monoisotopic (exact) mass is 475 g/mol. The zero-order valence-corrected chi connectivity index (χ0v) is 20.5. The van der Waals surface area contributed by atoms with Crippen LogP contribution in [0, 0.1) is 0 Å². The van der Waals surface area contributed by atoms with Gasteiger partial charge in [0.25, 0.3) is 0 Å². The Morgan fingerprint density at radius 2 is 1.94 bits per heavy atom. The molecule has 4 rings (SSSR count). The highest BCUT2D eigenvalue weighted by atomic mass is 16.6. The maximum atomic E-state index is 12.6. The van der Waals surface area contributed by atoms with Crippen LogP contribution in [0.25, 0.3) is 11.3 Å². The number of hydrogen-bond donors (Lipinski definition) is 3. The van der Waals surface area contributed by atoms with E-state index in [2.05, 4.69) is 15.3 Å². The van der Waals surface area contributed by atoms with E-state index in [4.69, 9.17) is 10.5 Å². The molecule has 1 aromatic heterocycles. The average molecular weight is 476 g/mol. The summed E-state index contributed by atoms with van der Waals surface area (Å²) < 4.78 is 5.56. The number of anilines is 2. The number of phenols is 1. The number of hydrogen-bond acceptors (Lipinski definition) is 7. The van der Waals surface area contributed by atoms with Gasteiger partial charge < -0.3 is 25.8 Å². The van der Waals surface area contributed by atoms with E-state index in [1.807, 2.05) is 63.2 Å². The molecular formula is C27H33N5O3. The first-order valence-corrected chi connectivity index (χ1v) is 11.9. The number of nitrogen functional groups attached to an aromatic ring is 1. The van der Waals surface area contributed by atoms with Gasteiger partial charge in [0.1, 0.15) is 11.4 Å². The Hall–Kier alpha value is -3.81. The molecule has 8 heteroatoms. The lowest BCUT2D eigenvalue weighted by Gasteiger charge is -2.34. The Morgan fingerprint density at radius 3 is 2.69 bits per heavy atom. The van der Waals surface area contributed by atoms with Gasteiger partial charge in [0.05, 0.1) is 17.0 Å². The van der Waals surface area contributed by atoms with Crippen LogP contribution in [0.2, 0.25) is 0 Å². The van der Waals surface area contributed by atoms with Gasteiger partial charge in [-0.1, -0.05) is 36.4 Å². The summed E-state index contributed by atoms with van der Waals surface area (Å²) in [4.78, 5) is 23.3. The topological polar surface area (TPSA) is 114 Å². The molecule has 2 aromatic carbocycles. The highest BCUT2D eigenvalue weighted by Crippen LogP contribution is 2.37. The molecule has 184 valence electrons. The second kappa shape index (κ2) is 10.2. The predicted octanol–water partition coefficient (Wildman–Crippen LogP) is 5.16. The van der Waals surface area contributed by atoms with E-state index in [0.29, 0.717) is 30.9 Å². The van der Waals surface area contributed by atoms with E-state index >= 15 is 0 Å². The normalized spacial score (nSPS) is 16.1. The Labute approximate surface area is 206 Å². The van der Waals surface area contributed by atoms with Crippen molar-refractivity contribution in [3.8, 4) is 17.0 Å². The number of piperidine rings is 1. The number of carbonyl (C=O) groups is 1. The lowest BCUT2D eigenvalue weighted by atomic mass is 9.93. The highest BCUT2D eigenvalue weighted by molar-refractivity contribution is 5.81. The van der Waals surface area contributed by atoms with Gasteiger partial charge in [0.15, 0.2) is 0 Å². The molecule has 1 atom stereocenters. The summed E-state index contributed by atoms with van der Waals surface area (Å²) in [5.74, 6) is 0.224. The van der Waals surface area contributed by atoms with Gasteiger partial charge in [-0.25, -0.2) is 14.8 Å². The van der Waals surface area contributed by atoms with Gasteiger partial charge in [-0.3, -0.25) is 0 Å². The SMILES string of the molecule is CC(C)(C)OC(=O)N1CCCC(c2cc(-c3c(O)cccc3NCc3ccccc3)nc(N)n2)C1. The van der Waals surface area contributed by atoms with Crippen LogP contribution in [0.3, 0.4) is 0 Å². The first-order chi connectivity index (χ1) is 16.7. The smallest absolute Gasteiger partial charge is 0.410 e. The molecule has 1 aliphatic heterocycles. The van der Waals surface area contributed by atoms with Crippen LogP contribution in [0.1, 0.15) is 50.8 Å². The van der Waals surface area contributed by atoms with Crippen molar-refractivity contribution in [3.05, 3.63) is 65.9 Å². The number of phenolic OH excluding ortho intramolecular Hbond substituents is 1. The molecule has 1 aliphatic rings. The number of aromatic nitrogens is 2. The van der Waals surface area contributed by atoms with Gasteiger partial charge in [-0.15, -0.1) is 0 Å². The summed E-state index contributed by atoms with van der Waals surface area (Å²) >= 11 is 0. The third kappa shape index (κ3) is 6.20. The van der Waals surface area contributed by atoms with Crippen LogP contribution >= 0.6 is 0 Å². The van der Waals surface area contributed by atoms with E-state index < -0.39 is 5.60 Å². The first kappa shape index (κ1) is 24.3. The molecule has 1 unspecified atom stereocenters.